The molecular formula is C12H18N2O4. The van der Waals surface area contributed by atoms with Crippen LogP contribution in [-0.2, 0) is 4.74 Å². The number of rotatable bonds is 5. The van der Waals surface area contributed by atoms with E-state index in [-0.39, 0.29) is 5.69 Å². The van der Waals surface area contributed by atoms with Gasteiger partial charge in [0.15, 0.2) is 5.69 Å². The number of carboxylic acid groups (broad SMARTS) is 1. The van der Waals surface area contributed by atoms with E-state index in [0.29, 0.717) is 12.1 Å². The highest BCUT2D eigenvalue weighted by atomic mass is 16.5. The Balaban J connectivity index is 1.82. The predicted octanol–water partition coefficient (Wildman–Crippen LogP) is 1.77. The number of anilines is 1. The van der Waals surface area contributed by atoms with E-state index in [2.05, 4.69) is 4.98 Å². The molecule has 2 heterocycles. The predicted molar refractivity (Wildman–Crippen MR) is 64.9 cm³/mol. The van der Waals surface area contributed by atoms with Crippen LogP contribution in [0.2, 0.25) is 0 Å². The molecule has 0 aliphatic carbocycles. The molecule has 6 heteroatoms. The van der Waals surface area contributed by atoms with Crippen molar-refractivity contribution >= 4 is 12.0 Å². The molecule has 1 atom stereocenters. The highest BCUT2D eigenvalue weighted by Gasteiger charge is 2.17. The average molecular weight is 254 g/mol. The molecule has 0 radical (unpaired) electrons. The molecule has 1 aromatic rings. The molecule has 100 valence electrons. The van der Waals surface area contributed by atoms with Gasteiger partial charge in [-0.15, -0.1) is 0 Å². The number of carboxylic acids is 1. The Morgan fingerprint density at radius 2 is 2.44 bits per heavy atom. The van der Waals surface area contributed by atoms with Crippen molar-refractivity contribution in [3.8, 4) is 0 Å². The second kappa shape index (κ2) is 5.86. The fourth-order valence-electron chi connectivity index (χ4n) is 2.01. The molecule has 1 N–H and O–H groups in total. The Bertz CT molecular complexity index is 399. The highest BCUT2D eigenvalue weighted by molar-refractivity contribution is 5.85. The summed E-state index contributed by atoms with van der Waals surface area (Å²) in [5, 5.41) is 8.75. The van der Waals surface area contributed by atoms with Crippen LogP contribution < -0.4 is 4.90 Å². The Hall–Kier alpha value is -1.56. The van der Waals surface area contributed by atoms with Gasteiger partial charge in [-0.25, -0.2) is 4.79 Å². The van der Waals surface area contributed by atoms with Crippen LogP contribution in [0.4, 0.5) is 6.01 Å². The first-order valence-electron chi connectivity index (χ1n) is 6.18. The van der Waals surface area contributed by atoms with E-state index in [0.717, 1.165) is 38.7 Å². The summed E-state index contributed by atoms with van der Waals surface area (Å²) >= 11 is 0. The van der Waals surface area contributed by atoms with E-state index in [9.17, 15) is 4.79 Å². The van der Waals surface area contributed by atoms with Gasteiger partial charge in [0.05, 0.1) is 6.10 Å². The SMILES string of the molecule is CN(CCC1CCCCO1)c1nc(C(=O)O)co1. The van der Waals surface area contributed by atoms with E-state index in [4.69, 9.17) is 14.3 Å². The minimum absolute atomic E-state index is 0.0641. The Morgan fingerprint density at radius 1 is 1.61 bits per heavy atom. The summed E-state index contributed by atoms with van der Waals surface area (Å²) < 4.78 is 10.8. The van der Waals surface area contributed by atoms with Crippen molar-refractivity contribution in [2.45, 2.75) is 31.8 Å². The number of oxazole rings is 1. The van der Waals surface area contributed by atoms with Crippen molar-refractivity contribution in [3.05, 3.63) is 12.0 Å². The van der Waals surface area contributed by atoms with Crippen LogP contribution in [0.3, 0.4) is 0 Å². The molecule has 0 aromatic carbocycles. The molecule has 0 spiro atoms. The molecule has 0 bridgehead atoms. The molecule has 0 amide bonds. The molecule has 2 rings (SSSR count). The first kappa shape index (κ1) is 12.9. The number of aromatic carboxylic acids is 1. The number of hydrogen-bond donors (Lipinski definition) is 1. The Kier molecular flexibility index (Phi) is 4.19. The van der Waals surface area contributed by atoms with E-state index < -0.39 is 5.97 Å². The lowest BCUT2D eigenvalue weighted by Crippen LogP contribution is -2.27. The lowest BCUT2D eigenvalue weighted by Gasteiger charge is -2.24. The first-order chi connectivity index (χ1) is 8.66. The van der Waals surface area contributed by atoms with E-state index in [1.54, 1.807) is 0 Å². The zero-order valence-electron chi connectivity index (χ0n) is 10.5. The Morgan fingerprint density at radius 3 is 3.06 bits per heavy atom. The van der Waals surface area contributed by atoms with Crippen molar-refractivity contribution in [3.63, 3.8) is 0 Å². The molecule has 1 aliphatic rings. The number of hydrogen-bond acceptors (Lipinski definition) is 5. The first-order valence-corrected chi connectivity index (χ1v) is 6.18. The number of carbonyl (C=O) groups is 1. The van der Waals surface area contributed by atoms with Gasteiger partial charge in [-0.1, -0.05) is 0 Å². The molecule has 18 heavy (non-hydrogen) atoms. The molecule has 1 saturated heterocycles. The van der Waals surface area contributed by atoms with Gasteiger partial charge in [0, 0.05) is 20.2 Å². The number of aromatic nitrogens is 1. The summed E-state index contributed by atoms with van der Waals surface area (Å²) in [5.41, 5.74) is -0.0641. The maximum Gasteiger partial charge on any atom is 0.357 e. The van der Waals surface area contributed by atoms with Crippen LogP contribution in [0.5, 0.6) is 0 Å². The van der Waals surface area contributed by atoms with Gasteiger partial charge in [-0.05, 0) is 25.7 Å². The molecule has 1 unspecified atom stereocenters. The minimum Gasteiger partial charge on any atom is -0.476 e. The van der Waals surface area contributed by atoms with Gasteiger partial charge >= 0.3 is 5.97 Å². The summed E-state index contributed by atoms with van der Waals surface area (Å²) in [6.07, 6.45) is 5.83. The van der Waals surface area contributed by atoms with E-state index >= 15 is 0 Å². The van der Waals surface area contributed by atoms with Crippen LogP contribution in [0.15, 0.2) is 10.7 Å². The van der Waals surface area contributed by atoms with Gasteiger partial charge in [-0.2, -0.15) is 4.98 Å². The second-order valence-electron chi connectivity index (χ2n) is 4.52. The van der Waals surface area contributed by atoms with E-state index in [1.807, 2.05) is 11.9 Å². The van der Waals surface area contributed by atoms with Crippen LogP contribution in [0.25, 0.3) is 0 Å². The monoisotopic (exact) mass is 254 g/mol. The van der Waals surface area contributed by atoms with Gasteiger partial charge < -0.3 is 19.2 Å². The topological polar surface area (TPSA) is 75.8 Å². The largest absolute Gasteiger partial charge is 0.476 e. The van der Waals surface area contributed by atoms with Gasteiger partial charge in [0.25, 0.3) is 6.01 Å². The van der Waals surface area contributed by atoms with Crippen molar-refractivity contribution in [2.24, 2.45) is 0 Å². The minimum atomic E-state index is -1.07. The summed E-state index contributed by atoms with van der Waals surface area (Å²) in [6.45, 7) is 1.58. The molecule has 1 aliphatic heterocycles. The molecule has 0 saturated carbocycles. The zero-order valence-corrected chi connectivity index (χ0v) is 10.5. The van der Waals surface area contributed by atoms with Crippen molar-refractivity contribution in [2.75, 3.05) is 25.1 Å². The average Bonchev–Trinajstić information content (AvgIpc) is 2.87. The summed E-state index contributed by atoms with van der Waals surface area (Å²) in [6, 6.07) is 0.336. The standard InChI is InChI=1S/C12H18N2O4/c1-14(6-5-9-4-2-3-7-17-9)12-13-10(8-18-12)11(15)16/h8-9H,2-7H2,1H3,(H,15,16). The number of nitrogens with zero attached hydrogens (tertiary/aromatic N) is 2. The third-order valence-electron chi connectivity index (χ3n) is 3.10. The van der Waals surface area contributed by atoms with E-state index in [1.165, 1.54) is 6.42 Å². The van der Waals surface area contributed by atoms with Crippen LogP contribution in [0.1, 0.15) is 36.2 Å². The summed E-state index contributed by atoms with van der Waals surface area (Å²) in [4.78, 5) is 16.4. The van der Waals surface area contributed by atoms with Crippen LogP contribution >= 0.6 is 0 Å². The summed E-state index contributed by atoms with van der Waals surface area (Å²) in [5.74, 6) is -1.07. The number of ether oxygens (including phenoxy) is 1. The normalized spacial score (nSPS) is 19.7. The maximum atomic E-state index is 10.7. The molecule has 1 fully saturated rings. The van der Waals surface area contributed by atoms with Gasteiger partial charge in [-0.3, -0.25) is 0 Å². The molecule has 6 nitrogen and oxygen atoms in total. The third kappa shape index (κ3) is 3.22. The van der Waals surface area contributed by atoms with Gasteiger partial charge in [0.1, 0.15) is 6.26 Å². The van der Waals surface area contributed by atoms with Gasteiger partial charge in [0.2, 0.25) is 0 Å². The van der Waals surface area contributed by atoms with Crippen molar-refractivity contribution in [1.82, 2.24) is 4.98 Å². The molecule has 1 aromatic heterocycles. The lowest BCUT2D eigenvalue weighted by atomic mass is 10.1. The maximum absolute atomic E-state index is 10.7. The zero-order chi connectivity index (χ0) is 13.0. The van der Waals surface area contributed by atoms with Crippen molar-refractivity contribution in [1.29, 1.82) is 0 Å². The third-order valence-corrected chi connectivity index (χ3v) is 3.10. The van der Waals surface area contributed by atoms with Crippen molar-refractivity contribution < 1.29 is 19.1 Å². The Labute approximate surface area is 106 Å². The highest BCUT2D eigenvalue weighted by Crippen LogP contribution is 2.18. The summed E-state index contributed by atoms with van der Waals surface area (Å²) in [7, 11) is 1.83. The quantitative estimate of drug-likeness (QED) is 0.863. The molecular weight excluding hydrogens is 236 g/mol. The second-order valence-corrected chi connectivity index (χ2v) is 4.52. The van der Waals surface area contributed by atoms with Crippen LogP contribution in [0, 0.1) is 0 Å². The van der Waals surface area contributed by atoms with Crippen LogP contribution in [-0.4, -0.2) is 42.4 Å². The lowest BCUT2D eigenvalue weighted by molar-refractivity contribution is 0.0126. The fourth-order valence-corrected chi connectivity index (χ4v) is 2.01. The fraction of sp³-hybridized carbons (Fsp3) is 0.667. The smallest absolute Gasteiger partial charge is 0.357 e.